The van der Waals surface area contributed by atoms with Crippen molar-refractivity contribution in [1.29, 1.82) is 0 Å². The molecule has 0 bridgehead atoms. The van der Waals surface area contributed by atoms with E-state index in [1.807, 2.05) is 0 Å². The number of aryl methyl sites for hydroxylation is 1. The second kappa shape index (κ2) is 8.47. The van der Waals surface area contributed by atoms with Crippen LogP contribution in [0.15, 0.2) is 24.4 Å². The number of likely N-dealkylation sites (tertiary alicyclic amines) is 1. The van der Waals surface area contributed by atoms with Gasteiger partial charge < -0.3 is 15.7 Å². The fraction of sp³-hybridized carbons (Fsp3) is 0.500. The zero-order valence-electron chi connectivity index (χ0n) is 20.1. The molecule has 3 N–H and O–H groups in total. The van der Waals surface area contributed by atoms with E-state index in [-0.39, 0.29) is 41.0 Å². The molecule has 4 unspecified atom stereocenters. The second-order valence-electron chi connectivity index (χ2n) is 10.5. The molecule has 11 heteroatoms. The highest BCUT2D eigenvalue weighted by Crippen LogP contribution is 2.69. The van der Waals surface area contributed by atoms with Crippen molar-refractivity contribution >= 4 is 11.8 Å². The van der Waals surface area contributed by atoms with Gasteiger partial charge in [-0.1, -0.05) is 0 Å². The number of aliphatic hydroxyl groups excluding tert-OH is 1. The number of pyridine rings is 1. The number of rotatable bonds is 6. The van der Waals surface area contributed by atoms with Gasteiger partial charge in [-0.3, -0.25) is 14.6 Å². The van der Waals surface area contributed by atoms with Crippen molar-refractivity contribution in [2.75, 3.05) is 0 Å². The quantitative estimate of drug-likeness (QED) is 0.549. The normalized spacial score (nSPS) is 26.5. The molecule has 2 amide bonds. The Morgan fingerprint density at radius 1 is 1.16 bits per heavy atom. The molecule has 1 aromatic carbocycles. The standard InChI is InChI=1S/C26H26F5N3O3/c1-11-5-15(17(10-33-11)12(2)35)24(37)34-21(23(32)36)6-14-9-25(14,34)22(13-3-4-13)16-7-20(28)18(8-19(16)27)26(29,30)31/h5,7-8,10,12-14,21-22,35H,3-4,6,9H2,1-2H3,(H2,32,36)/t12?,14?,21?,22-,25?/m1/s1. The summed E-state index contributed by atoms with van der Waals surface area (Å²) in [4.78, 5) is 32.0. The highest BCUT2D eigenvalue weighted by molar-refractivity contribution is 6.00. The third-order valence-corrected chi connectivity index (χ3v) is 8.05. The van der Waals surface area contributed by atoms with E-state index < -0.39 is 58.8 Å². The number of nitrogens with two attached hydrogens (primary N) is 1. The highest BCUT2D eigenvalue weighted by Gasteiger charge is 2.73. The Bertz CT molecular complexity index is 1290. The van der Waals surface area contributed by atoms with Crippen LogP contribution in [0.3, 0.4) is 0 Å². The first-order chi connectivity index (χ1) is 17.3. The van der Waals surface area contributed by atoms with E-state index in [1.54, 1.807) is 6.92 Å². The number of nitrogens with zero attached hydrogens (tertiary/aromatic N) is 2. The zero-order valence-corrected chi connectivity index (χ0v) is 20.1. The number of hydrogen-bond acceptors (Lipinski definition) is 4. The maximum absolute atomic E-state index is 15.3. The van der Waals surface area contributed by atoms with Gasteiger partial charge in [0.2, 0.25) is 5.91 Å². The fourth-order valence-corrected chi connectivity index (χ4v) is 6.29. The van der Waals surface area contributed by atoms with Crippen LogP contribution in [0, 0.1) is 30.4 Å². The van der Waals surface area contributed by atoms with Gasteiger partial charge in [-0.2, -0.15) is 13.2 Å². The van der Waals surface area contributed by atoms with Crippen LogP contribution in [0.5, 0.6) is 0 Å². The van der Waals surface area contributed by atoms with E-state index in [2.05, 4.69) is 4.98 Å². The first-order valence-electron chi connectivity index (χ1n) is 12.1. The Labute approximate surface area is 209 Å². The lowest BCUT2D eigenvalue weighted by molar-refractivity contribution is -0.140. The van der Waals surface area contributed by atoms with Crippen molar-refractivity contribution < 1.29 is 36.6 Å². The number of carbonyl (C=O) groups is 2. The number of halogens is 5. The summed E-state index contributed by atoms with van der Waals surface area (Å²) in [6.45, 7) is 3.11. The predicted molar refractivity (Wildman–Crippen MR) is 121 cm³/mol. The van der Waals surface area contributed by atoms with E-state index in [4.69, 9.17) is 5.73 Å². The molecule has 5 atom stereocenters. The number of aromatic nitrogens is 1. The molecule has 198 valence electrons. The summed E-state index contributed by atoms with van der Waals surface area (Å²) in [6, 6.07) is 1.20. The molecule has 1 aliphatic heterocycles. The molecule has 2 saturated carbocycles. The smallest absolute Gasteiger partial charge is 0.389 e. The van der Waals surface area contributed by atoms with Crippen LogP contribution in [0.4, 0.5) is 22.0 Å². The summed E-state index contributed by atoms with van der Waals surface area (Å²) in [6.07, 6.45) is -2.93. The number of primary amides is 1. The van der Waals surface area contributed by atoms with E-state index in [0.717, 1.165) is 0 Å². The minimum Gasteiger partial charge on any atom is -0.389 e. The van der Waals surface area contributed by atoms with Gasteiger partial charge in [0, 0.05) is 28.9 Å². The molecular weight excluding hydrogens is 497 g/mol. The van der Waals surface area contributed by atoms with E-state index in [1.165, 1.54) is 24.1 Å². The largest absolute Gasteiger partial charge is 0.419 e. The van der Waals surface area contributed by atoms with Gasteiger partial charge >= 0.3 is 6.18 Å². The van der Waals surface area contributed by atoms with E-state index in [0.29, 0.717) is 31.0 Å². The minimum absolute atomic E-state index is 0.106. The van der Waals surface area contributed by atoms with Gasteiger partial charge in [-0.05, 0) is 75.1 Å². The number of hydrogen-bond donors (Lipinski definition) is 2. The molecule has 3 fully saturated rings. The van der Waals surface area contributed by atoms with Gasteiger partial charge in [0.05, 0.1) is 17.2 Å². The first kappa shape index (κ1) is 25.6. The fourth-order valence-electron chi connectivity index (χ4n) is 6.29. The lowest BCUT2D eigenvalue weighted by Gasteiger charge is -2.39. The van der Waals surface area contributed by atoms with Crippen LogP contribution in [-0.2, 0) is 11.0 Å². The van der Waals surface area contributed by atoms with Crippen molar-refractivity contribution in [1.82, 2.24) is 9.88 Å². The van der Waals surface area contributed by atoms with Crippen molar-refractivity contribution in [2.24, 2.45) is 17.6 Å². The molecule has 0 radical (unpaired) electrons. The molecule has 37 heavy (non-hydrogen) atoms. The van der Waals surface area contributed by atoms with Gasteiger partial charge in [0.1, 0.15) is 17.7 Å². The number of fused-ring (bicyclic) bond motifs is 1. The highest BCUT2D eigenvalue weighted by atomic mass is 19.4. The van der Waals surface area contributed by atoms with Crippen molar-refractivity contribution in [3.8, 4) is 0 Å². The third-order valence-electron chi connectivity index (χ3n) is 8.05. The lowest BCUT2D eigenvalue weighted by Crippen LogP contribution is -2.53. The summed E-state index contributed by atoms with van der Waals surface area (Å²) in [5, 5.41) is 10.3. The molecule has 2 heterocycles. The van der Waals surface area contributed by atoms with Crippen molar-refractivity contribution in [3.63, 3.8) is 0 Å². The Hall–Kier alpha value is -3.08. The van der Waals surface area contributed by atoms with Crippen molar-refractivity contribution in [2.45, 2.75) is 69.3 Å². The number of amides is 2. The average molecular weight is 524 g/mol. The number of aliphatic hydroxyl groups is 1. The van der Waals surface area contributed by atoms with Crippen LogP contribution in [0.1, 0.15) is 77.4 Å². The predicted octanol–water partition coefficient (Wildman–Crippen LogP) is 4.39. The average Bonchev–Trinajstić information content (AvgIpc) is 3.72. The second-order valence-corrected chi connectivity index (χ2v) is 10.5. The molecule has 3 aliphatic rings. The molecule has 1 aromatic heterocycles. The summed E-state index contributed by atoms with van der Waals surface area (Å²) in [7, 11) is 0. The van der Waals surface area contributed by atoms with E-state index in [9.17, 15) is 32.3 Å². The Morgan fingerprint density at radius 2 is 1.84 bits per heavy atom. The topological polar surface area (TPSA) is 96.5 Å². The lowest BCUT2D eigenvalue weighted by atomic mass is 9.82. The molecule has 0 spiro atoms. The molecule has 1 saturated heterocycles. The van der Waals surface area contributed by atoms with Crippen LogP contribution < -0.4 is 5.73 Å². The maximum Gasteiger partial charge on any atom is 0.419 e. The number of benzene rings is 1. The number of piperidine rings is 1. The van der Waals surface area contributed by atoms with Gasteiger partial charge in [0.25, 0.3) is 5.91 Å². The zero-order chi connectivity index (χ0) is 27.0. The van der Waals surface area contributed by atoms with E-state index >= 15 is 4.39 Å². The van der Waals surface area contributed by atoms with Crippen LogP contribution in [0.25, 0.3) is 0 Å². The summed E-state index contributed by atoms with van der Waals surface area (Å²) in [5.74, 6) is -5.45. The Kier molecular flexibility index (Phi) is 5.85. The number of alkyl halides is 3. The Balaban J connectivity index is 1.65. The first-order valence-corrected chi connectivity index (χ1v) is 12.1. The molecule has 5 rings (SSSR count). The Morgan fingerprint density at radius 3 is 2.41 bits per heavy atom. The van der Waals surface area contributed by atoms with Gasteiger partial charge in [-0.15, -0.1) is 0 Å². The molecule has 2 aliphatic carbocycles. The molecule has 2 aromatic rings. The SMILES string of the molecule is Cc1cc(C(=O)N2C(C(N)=O)CC3CC32[C@@H](c2cc(F)c(C(F)(F)F)cc2F)C2CC2)c(C(C)O)cn1. The minimum atomic E-state index is -5.07. The maximum atomic E-state index is 15.3. The molecule has 6 nitrogen and oxygen atoms in total. The number of carbonyl (C=O) groups excluding carboxylic acids is 2. The van der Waals surface area contributed by atoms with Crippen molar-refractivity contribution in [3.05, 3.63) is 64.0 Å². The summed E-state index contributed by atoms with van der Waals surface area (Å²) >= 11 is 0. The monoisotopic (exact) mass is 523 g/mol. The summed E-state index contributed by atoms with van der Waals surface area (Å²) in [5.41, 5.74) is 3.45. The third kappa shape index (κ3) is 4.07. The van der Waals surface area contributed by atoms with Gasteiger partial charge in [-0.25, -0.2) is 8.78 Å². The van der Waals surface area contributed by atoms with Crippen LogP contribution in [0.2, 0.25) is 0 Å². The summed E-state index contributed by atoms with van der Waals surface area (Å²) < 4.78 is 69.5. The molecular formula is C26H26F5N3O3. The van der Waals surface area contributed by atoms with Crippen LogP contribution >= 0.6 is 0 Å². The van der Waals surface area contributed by atoms with Gasteiger partial charge in [0.15, 0.2) is 0 Å². The van der Waals surface area contributed by atoms with Crippen LogP contribution in [-0.4, -0.2) is 38.4 Å².